The molecule has 0 atom stereocenters. The highest BCUT2D eigenvalue weighted by molar-refractivity contribution is 7.97. The molecule has 0 fully saturated rings. The molecule has 27 heavy (non-hydrogen) atoms. The molecule has 0 unspecified atom stereocenters. The molecule has 3 aromatic carbocycles. The lowest BCUT2D eigenvalue weighted by Crippen LogP contribution is -2.24. The molecule has 2 nitrogen and oxygen atoms in total. The third kappa shape index (κ3) is 4.81. The molecule has 0 spiro atoms. The Morgan fingerprint density at radius 1 is 0.815 bits per heavy atom. The number of rotatable bonds is 4. The van der Waals surface area contributed by atoms with Crippen molar-refractivity contribution in [3.63, 3.8) is 0 Å². The van der Waals surface area contributed by atoms with E-state index in [2.05, 4.69) is 61.5 Å². The molecule has 0 amide bonds. The zero-order chi connectivity index (χ0) is 19.4. The number of hydrogen-bond donors (Lipinski definition) is 0. The maximum Gasteiger partial charge on any atom is 0.338 e. The highest BCUT2D eigenvalue weighted by Crippen LogP contribution is 2.33. The molecule has 0 saturated heterocycles. The van der Waals surface area contributed by atoms with E-state index in [4.69, 9.17) is 4.74 Å². The van der Waals surface area contributed by atoms with Crippen molar-refractivity contribution in [1.82, 2.24) is 0 Å². The first-order valence-electron chi connectivity index (χ1n) is 9.03. The second kappa shape index (κ2) is 8.01. The highest BCUT2D eigenvalue weighted by Gasteiger charge is 2.30. The van der Waals surface area contributed by atoms with Crippen LogP contribution < -0.4 is 0 Å². The third-order valence-electron chi connectivity index (χ3n) is 3.99. The molecule has 3 heteroatoms. The predicted molar refractivity (Wildman–Crippen MR) is 111 cm³/mol. The Morgan fingerprint density at radius 2 is 1.33 bits per heavy atom. The van der Waals surface area contributed by atoms with Gasteiger partial charge in [0.25, 0.3) is 0 Å². The number of hydrogen-bond acceptors (Lipinski definition) is 2. The van der Waals surface area contributed by atoms with E-state index in [0.29, 0.717) is 5.56 Å². The van der Waals surface area contributed by atoms with E-state index in [0.717, 1.165) is 5.56 Å². The van der Waals surface area contributed by atoms with Gasteiger partial charge in [-0.2, -0.15) is 0 Å². The van der Waals surface area contributed by atoms with Gasteiger partial charge in [-0.15, -0.1) is 0 Å². The van der Waals surface area contributed by atoms with Crippen molar-refractivity contribution in [2.75, 3.05) is 0 Å². The number of benzene rings is 3. The zero-order valence-electron chi connectivity index (χ0n) is 16.2. The van der Waals surface area contributed by atoms with Crippen molar-refractivity contribution in [1.29, 1.82) is 0 Å². The SMILES string of the molecule is Cc1cc(C(=O)OC(C)(C)C)ccc1[S+](c1ccccc1)c1ccccc1. The van der Waals surface area contributed by atoms with Gasteiger partial charge >= 0.3 is 5.97 Å². The Bertz CT molecular complexity index is 873. The lowest BCUT2D eigenvalue weighted by molar-refractivity contribution is 0.00693. The first-order valence-corrected chi connectivity index (χ1v) is 10.3. The average Bonchev–Trinajstić information content (AvgIpc) is 2.63. The van der Waals surface area contributed by atoms with Crippen LogP contribution in [0, 0.1) is 6.92 Å². The average molecular weight is 378 g/mol. The van der Waals surface area contributed by atoms with Gasteiger partial charge in [0.1, 0.15) is 5.60 Å². The van der Waals surface area contributed by atoms with Crippen LogP contribution in [0.4, 0.5) is 0 Å². The van der Waals surface area contributed by atoms with Crippen LogP contribution >= 0.6 is 0 Å². The topological polar surface area (TPSA) is 26.3 Å². The first-order chi connectivity index (χ1) is 12.8. The summed E-state index contributed by atoms with van der Waals surface area (Å²) in [6.07, 6.45) is 0. The second-order valence-corrected chi connectivity index (χ2v) is 9.41. The molecular formula is C24H25O2S+. The number of aryl methyl sites for hydroxylation is 1. The molecule has 0 heterocycles. The van der Waals surface area contributed by atoms with Crippen LogP contribution in [0.5, 0.6) is 0 Å². The normalized spacial score (nSPS) is 11.4. The fraction of sp³-hybridized carbons (Fsp3) is 0.208. The predicted octanol–water partition coefficient (Wildman–Crippen LogP) is 6.05. The largest absolute Gasteiger partial charge is 0.456 e. The lowest BCUT2D eigenvalue weighted by atomic mass is 10.1. The number of carbonyl (C=O) groups excluding carboxylic acids is 1. The summed E-state index contributed by atoms with van der Waals surface area (Å²) in [5.74, 6) is -0.281. The molecule has 3 aromatic rings. The summed E-state index contributed by atoms with van der Waals surface area (Å²) < 4.78 is 5.51. The summed E-state index contributed by atoms with van der Waals surface area (Å²) >= 11 is 0. The van der Waals surface area contributed by atoms with E-state index in [-0.39, 0.29) is 16.9 Å². The van der Waals surface area contributed by atoms with Crippen molar-refractivity contribution >= 4 is 16.9 Å². The van der Waals surface area contributed by atoms with E-state index in [1.54, 1.807) is 0 Å². The minimum absolute atomic E-state index is 0.219. The maximum atomic E-state index is 12.4. The Morgan fingerprint density at radius 3 is 1.78 bits per heavy atom. The number of ether oxygens (including phenoxy) is 1. The summed E-state index contributed by atoms with van der Waals surface area (Å²) in [6.45, 7) is 7.71. The van der Waals surface area contributed by atoms with Gasteiger partial charge < -0.3 is 4.74 Å². The Hall–Kier alpha value is -2.52. The van der Waals surface area contributed by atoms with Crippen molar-refractivity contribution in [3.8, 4) is 0 Å². The van der Waals surface area contributed by atoms with Crippen LogP contribution in [-0.2, 0) is 15.6 Å². The summed E-state index contributed by atoms with van der Waals surface area (Å²) in [7, 11) is -0.219. The molecule has 0 aliphatic rings. The number of esters is 1. The van der Waals surface area contributed by atoms with Gasteiger partial charge in [-0.1, -0.05) is 36.4 Å². The molecule has 0 aromatic heterocycles. The van der Waals surface area contributed by atoms with Crippen LogP contribution in [0.3, 0.4) is 0 Å². The first kappa shape index (κ1) is 19.2. The Labute approximate surface area is 164 Å². The van der Waals surface area contributed by atoms with Crippen LogP contribution in [0.2, 0.25) is 0 Å². The molecule has 0 saturated carbocycles. The van der Waals surface area contributed by atoms with E-state index in [1.165, 1.54) is 14.7 Å². The van der Waals surface area contributed by atoms with Gasteiger partial charge in [0.15, 0.2) is 14.7 Å². The minimum Gasteiger partial charge on any atom is -0.456 e. The zero-order valence-corrected chi connectivity index (χ0v) is 17.0. The van der Waals surface area contributed by atoms with Gasteiger partial charge in [0, 0.05) is 5.56 Å². The lowest BCUT2D eigenvalue weighted by Gasteiger charge is -2.19. The minimum atomic E-state index is -0.498. The maximum absolute atomic E-state index is 12.4. The van der Waals surface area contributed by atoms with Crippen molar-refractivity contribution in [2.24, 2.45) is 0 Å². The van der Waals surface area contributed by atoms with Crippen LogP contribution in [0.15, 0.2) is 93.5 Å². The van der Waals surface area contributed by atoms with Crippen molar-refractivity contribution in [3.05, 3.63) is 90.0 Å². The summed E-state index contributed by atoms with van der Waals surface area (Å²) in [4.78, 5) is 16.2. The van der Waals surface area contributed by atoms with Crippen LogP contribution in [0.1, 0.15) is 36.7 Å². The van der Waals surface area contributed by atoms with Crippen molar-refractivity contribution < 1.29 is 9.53 Å². The quantitative estimate of drug-likeness (QED) is 0.409. The molecule has 0 aliphatic heterocycles. The molecule has 3 rings (SSSR count). The Balaban J connectivity index is 2.02. The van der Waals surface area contributed by atoms with Crippen LogP contribution in [-0.4, -0.2) is 11.6 Å². The van der Waals surface area contributed by atoms with Gasteiger partial charge in [-0.25, -0.2) is 4.79 Å². The summed E-state index contributed by atoms with van der Waals surface area (Å²) in [5.41, 5.74) is 1.19. The fourth-order valence-corrected chi connectivity index (χ4v) is 5.07. The highest BCUT2D eigenvalue weighted by atomic mass is 32.2. The monoisotopic (exact) mass is 377 g/mol. The van der Waals surface area contributed by atoms with Gasteiger partial charge in [0.2, 0.25) is 0 Å². The van der Waals surface area contributed by atoms with Crippen LogP contribution in [0.25, 0.3) is 0 Å². The van der Waals surface area contributed by atoms with Gasteiger partial charge in [-0.3, -0.25) is 0 Å². The van der Waals surface area contributed by atoms with E-state index >= 15 is 0 Å². The van der Waals surface area contributed by atoms with E-state index < -0.39 is 5.60 Å². The third-order valence-corrected chi connectivity index (χ3v) is 6.37. The molecule has 138 valence electrons. The fourth-order valence-electron chi connectivity index (χ4n) is 2.85. The molecular weight excluding hydrogens is 352 g/mol. The standard InChI is InChI=1S/C24H25O2S/c1-18-17-19(23(25)26-24(2,3)4)15-16-22(18)27(20-11-7-5-8-12-20)21-13-9-6-10-14-21/h5-17H,1-4H3/q+1. The molecule has 0 bridgehead atoms. The molecule has 0 N–H and O–H groups in total. The second-order valence-electron chi connectivity index (χ2n) is 7.41. The Kier molecular flexibility index (Phi) is 5.71. The summed E-state index contributed by atoms with van der Waals surface area (Å²) in [5, 5.41) is 0. The molecule has 0 radical (unpaired) electrons. The van der Waals surface area contributed by atoms with E-state index in [1.807, 2.05) is 45.0 Å². The van der Waals surface area contributed by atoms with Gasteiger partial charge in [0.05, 0.1) is 16.5 Å². The van der Waals surface area contributed by atoms with Crippen molar-refractivity contribution in [2.45, 2.75) is 48.0 Å². The number of carbonyl (C=O) groups is 1. The summed E-state index contributed by atoms with van der Waals surface area (Å²) in [6, 6.07) is 26.9. The molecule has 0 aliphatic carbocycles. The van der Waals surface area contributed by atoms with Gasteiger partial charge in [-0.05, 0) is 70.2 Å². The van der Waals surface area contributed by atoms with E-state index in [9.17, 15) is 4.79 Å². The smallest absolute Gasteiger partial charge is 0.338 e.